The summed E-state index contributed by atoms with van der Waals surface area (Å²) in [7, 11) is 0. The Morgan fingerprint density at radius 3 is 2.70 bits per heavy atom. The molecule has 0 spiro atoms. The molecule has 2 aromatic carbocycles. The smallest absolute Gasteiger partial charge is 0.219 e. The van der Waals surface area contributed by atoms with Crippen LogP contribution in [0, 0.1) is 5.82 Å². The molecule has 1 atom stereocenters. The van der Waals surface area contributed by atoms with Crippen LogP contribution in [0.25, 0.3) is 11.3 Å². The number of halogens is 1. The van der Waals surface area contributed by atoms with Gasteiger partial charge in [-0.05, 0) is 43.2 Å². The van der Waals surface area contributed by atoms with Crippen LogP contribution < -0.4 is 11.1 Å². The minimum absolute atomic E-state index is 0.0458. The zero-order valence-corrected chi connectivity index (χ0v) is 16.8. The fourth-order valence-corrected chi connectivity index (χ4v) is 3.70. The van der Waals surface area contributed by atoms with E-state index in [-0.39, 0.29) is 17.6 Å². The van der Waals surface area contributed by atoms with Gasteiger partial charge in [0.25, 0.3) is 0 Å². The van der Waals surface area contributed by atoms with Crippen molar-refractivity contribution in [3.8, 4) is 11.3 Å². The van der Waals surface area contributed by atoms with Gasteiger partial charge in [-0.1, -0.05) is 18.2 Å². The maximum atomic E-state index is 13.6. The maximum absolute atomic E-state index is 13.6. The molecular weight excluding hydrogens is 381 g/mol. The number of nitrogens with zero attached hydrogens (tertiary/aromatic N) is 3. The van der Waals surface area contributed by atoms with Gasteiger partial charge in [0.2, 0.25) is 5.91 Å². The van der Waals surface area contributed by atoms with Crippen LogP contribution in [-0.2, 0) is 4.79 Å². The van der Waals surface area contributed by atoms with Crippen LogP contribution in [0.3, 0.4) is 0 Å². The number of benzene rings is 2. The van der Waals surface area contributed by atoms with Gasteiger partial charge in [0.15, 0.2) is 0 Å². The monoisotopic (exact) mass is 405 g/mol. The summed E-state index contributed by atoms with van der Waals surface area (Å²) in [5.41, 5.74) is 8.77. The highest BCUT2D eigenvalue weighted by molar-refractivity contribution is 5.73. The summed E-state index contributed by atoms with van der Waals surface area (Å²) in [6.45, 7) is 2.95. The Morgan fingerprint density at radius 1 is 1.17 bits per heavy atom. The fraction of sp³-hybridized carbons (Fsp3) is 0.261. The summed E-state index contributed by atoms with van der Waals surface area (Å²) in [4.78, 5) is 23.2. The van der Waals surface area contributed by atoms with Crippen molar-refractivity contribution >= 4 is 23.1 Å². The molecular formula is C23H24FN5O. The second kappa shape index (κ2) is 8.49. The minimum Gasteiger partial charge on any atom is -0.399 e. The molecule has 30 heavy (non-hydrogen) atoms. The van der Waals surface area contributed by atoms with E-state index in [4.69, 9.17) is 15.7 Å². The number of nitrogen functional groups attached to an aromatic ring is 1. The molecule has 0 bridgehead atoms. The van der Waals surface area contributed by atoms with Gasteiger partial charge in [0.1, 0.15) is 17.5 Å². The molecule has 1 saturated heterocycles. The highest BCUT2D eigenvalue weighted by Gasteiger charge is 2.25. The number of hydrogen-bond donors (Lipinski definition) is 2. The highest BCUT2D eigenvalue weighted by Crippen LogP contribution is 2.29. The molecule has 0 saturated carbocycles. The van der Waals surface area contributed by atoms with E-state index < -0.39 is 0 Å². The lowest BCUT2D eigenvalue weighted by Crippen LogP contribution is -2.38. The minimum atomic E-state index is -0.322. The lowest BCUT2D eigenvalue weighted by Gasteiger charge is -2.31. The molecule has 154 valence electrons. The number of nitrogens with one attached hydrogen (secondary N) is 1. The van der Waals surface area contributed by atoms with E-state index in [2.05, 4.69) is 5.32 Å². The standard InChI is InChI=1S/C23H24FN5O/c1-15(30)29-11-3-4-17(14-29)23-27-21(16-7-9-19(25)10-8-16)13-22(28-23)26-20-6-2-5-18(24)12-20/h2,5-10,12-13,17H,3-4,11,14,25H2,1H3,(H,26,27,28). The number of carbonyl (C=O) groups excluding carboxylic acids is 1. The number of aromatic nitrogens is 2. The lowest BCUT2D eigenvalue weighted by atomic mass is 9.96. The molecule has 3 N–H and O–H groups in total. The Kier molecular flexibility index (Phi) is 5.61. The predicted octanol–water partition coefficient (Wildman–Crippen LogP) is 4.33. The zero-order chi connectivity index (χ0) is 21.1. The van der Waals surface area contributed by atoms with Gasteiger partial charge < -0.3 is 16.0 Å². The van der Waals surface area contributed by atoms with E-state index in [0.29, 0.717) is 29.6 Å². The van der Waals surface area contributed by atoms with Gasteiger partial charge in [-0.25, -0.2) is 14.4 Å². The van der Waals surface area contributed by atoms with Crippen molar-refractivity contribution in [2.24, 2.45) is 0 Å². The molecule has 0 aliphatic carbocycles. The predicted molar refractivity (Wildman–Crippen MR) is 116 cm³/mol. The number of rotatable bonds is 4. The number of amides is 1. The van der Waals surface area contributed by atoms with Crippen molar-refractivity contribution in [2.75, 3.05) is 24.1 Å². The Labute approximate surface area is 175 Å². The van der Waals surface area contributed by atoms with Crippen LogP contribution in [-0.4, -0.2) is 33.9 Å². The Bertz CT molecular complexity index is 1050. The molecule has 1 fully saturated rings. The third kappa shape index (κ3) is 4.56. The van der Waals surface area contributed by atoms with Gasteiger partial charge in [-0.15, -0.1) is 0 Å². The SMILES string of the molecule is CC(=O)N1CCCC(c2nc(Nc3cccc(F)c3)cc(-c3ccc(N)cc3)n2)C1. The first-order chi connectivity index (χ1) is 14.5. The van der Waals surface area contributed by atoms with Crippen LogP contribution >= 0.6 is 0 Å². The molecule has 4 rings (SSSR count). The fourth-order valence-electron chi connectivity index (χ4n) is 3.70. The summed E-state index contributed by atoms with van der Waals surface area (Å²) in [5, 5.41) is 3.18. The van der Waals surface area contributed by atoms with E-state index in [1.54, 1.807) is 19.1 Å². The van der Waals surface area contributed by atoms with Crippen molar-refractivity contribution in [3.63, 3.8) is 0 Å². The summed E-state index contributed by atoms with van der Waals surface area (Å²) < 4.78 is 13.6. The third-order valence-corrected chi connectivity index (χ3v) is 5.28. The van der Waals surface area contributed by atoms with Crippen LogP contribution in [0.4, 0.5) is 21.6 Å². The Balaban J connectivity index is 1.72. The summed E-state index contributed by atoms with van der Waals surface area (Å²) in [5.74, 6) is 1.04. The van der Waals surface area contributed by atoms with Gasteiger partial charge >= 0.3 is 0 Å². The second-order valence-electron chi connectivity index (χ2n) is 7.56. The normalized spacial score (nSPS) is 16.3. The summed E-state index contributed by atoms with van der Waals surface area (Å²) >= 11 is 0. The van der Waals surface area contributed by atoms with Gasteiger partial charge in [-0.3, -0.25) is 4.79 Å². The van der Waals surface area contributed by atoms with Crippen LogP contribution in [0.1, 0.15) is 31.5 Å². The first-order valence-corrected chi connectivity index (χ1v) is 10.0. The molecule has 1 unspecified atom stereocenters. The molecule has 1 aliphatic heterocycles. The van der Waals surface area contributed by atoms with Crippen molar-refractivity contribution in [2.45, 2.75) is 25.7 Å². The topological polar surface area (TPSA) is 84.1 Å². The van der Waals surface area contributed by atoms with Gasteiger partial charge in [0.05, 0.1) is 5.69 Å². The van der Waals surface area contributed by atoms with Crippen molar-refractivity contribution in [3.05, 3.63) is 66.2 Å². The molecule has 0 radical (unpaired) electrons. The van der Waals surface area contributed by atoms with Crippen molar-refractivity contribution in [1.29, 1.82) is 0 Å². The van der Waals surface area contributed by atoms with Gasteiger partial charge in [-0.2, -0.15) is 0 Å². The number of piperidine rings is 1. The average molecular weight is 405 g/mol. The van der Waals surface area contributed by atoms with Crippen LogP contribution in [0.2, 0.25) is 0 Å². The van der Waals surface area contributed by atoms with E-state index in [1.165, 1.54) is 12.1 Å². The first kappa shape index (κ1) is 19.8. The van der Waals surface area contributed by atoms with Crippen molar-refractivity contribution in [1.82, 2.24) is 14.9 Å². The molecule has 7 heteroatoms. The molecule has 6 nitrogen and oxygen atoms in total. The largest absolute Gasteiger partial charge is 0.399 e. The van der Waals surface area contributed by atoms with E-state index in [1.807, 2.05) is 35.2 Å². The highest BCUT2D eigenvalue weighted by atomic mass is 19.1. The summed E-state index contributed by atoms with van der Waals surface area (Å²) in [6.07, 6.45) is 1.82. The maximum Gasteiger partial charge on any atom is 0.219 e. The third-order valence-electron chi connectivity index (χ3n) is 5.28. The molecule has 1 amide bonds. The molecule has 3 aromatic rings. The summed E-state index contributed by atoms with van der Waals surface area (Å²) in [6, 6.07) is 15.6. The van der Waals surface area contributed by atoms with Crippen molar-refractivity contribution < 1.29 is 9.18 Å². The lowest BCUT2D eigenvalue weighted by molar-refractivity contribution is -0.130. The van der Waals surface area contributed by atoms with E-state index >= 15 is 0 Å². The molecule has 2 heterocycles. The number of nitrogens with two attached hydrogens (primary N) is 1. The van der Waals surface area contributed by atoms with E-state index in [9.17, 15) is 9.18 Å². The second-order valence-corrected chi connectivity index (χ2v) is 7.56. The molecule has 1 aromatic heterocycles. The quantitative estimate of drug-likeness (QED) is 0.631. The van der Waals surface area contributed by atoms with Crippen LogP contribution in [0.5, 0.6) is 0 Å². The number of likely N-dealkylation sites (tertiary alicyclic amines) is 1. The Hall–Kier alpha value is -3.48. The van der Waals surface area contributed by atoms with Gasteiger partial charge in [0, 0.05) is 48.9 Å². The first-order valence-electron chi connectivity index (χ1n) is 10.0. The number of hydrogen-bond acceptors (Lipinski definition) is 5. The number of anilines is 3. The van der Waals surface area contributed by atoms with Crippen LogP contribution in [0.15, 0.2) is 54.6 Å². The number of carbonyl (C=O) groups is 1. The Morgan fingerprint density at radius 2 is 1.97 bits per heavy atom. The molecule has 1 aliphatic rings. The zero-order valence-electron chi connectivity index (χ0n) is 16.8. The van der Waals surface area contributed by atoms with E-state index in [0.717, 1.165) is 30.6 Å². The average Bonchev–Trinajstić information content (AvgIpc) is 2.74.